The molecular weight excluding hydrogens is 454 g/mol. The first kappa shape index (κ1) is 22.2. The molecule has 1 heterocycles. The fourth-order valence-corrected chi connectivity index (χ4v) is 5.03. The van der Waals surface area contributed by atoms with E-state index in [0.717, 1.165) is 19.0 Å². The number of benzene rings is 1. The van der Waals surface area contributed by atoms with Crippen molar-refractivity contribution >= 4 is 50.0 Å². The molecule has 3 aromatic rings. The standard InChI is InChI=1S/C18H18ClN3O6S2/c1-9(12-5-4-8-29-12)20-13-14(17(25)16(13)24)21-11-7-6-10(19)18(15(11)23)30(26,27)22(2)28-3/h4-9,20-21,23H,1-3H3/t9-/m1/s1. The van der Waals surface area contributed by atoms with Crippen LogP contribution in [0.3, 0.4) is 0 Å². The molecule has 9 nitrogen and oxygen atoms in total. The normalized spacial score (nSPS) is 13.0. The van der Waals surface area contributed by atoms with Crippen molar-refractivity contribution in [2.45, 2.75) is 17.9 Å². The van der Waals surface area contributed by atoms with Gasteiger partial charge in [-0.3, -0.25) is 14.4 Å². The number of rotatable bonds is 8. The molecule has 0 aliphatic carbocycles. The molecule has 0 aliphatic heterocycles. The van der Waals surface area contributed by atoms with Crippen LogP contribution in [0.25, 0.3) is 0 Å². The number of anilines is 3. The zero-order chi connectivity index (χ0) is 22.2. The van der Waals surface area contributed by atoms with Gasteiger partial charge in [-0.2, -0.15) is 0 Å². The molecule has 0 bridgehead atoms. The van der Waals surface area contributed by atoms with Crippen LogP contribution in [0.5, 0.6) is 5.75 Å². The Balaban J connectivity index is 1.97. The highest BCUT2D eigenvalue weighted by atomic mass is 35.5. The topological polar surface area (TPSA) is 125 Å². The number of hydrogen-bond acceptors (Lipinski definition) is 9. The van der Waals surface area contributed by atoms with E-state index in [1.165, 1.54) is 23.5 Å². The van der Waals surface area contributed by atoms with Crippen molar-refractivity contribution in [1.82, 2.24) is 4.47 Å². The fraction of sp³-hybridized carbons (Fsp3) is 0.222. The van der Waals surface area contributed by atoms with Crippen LogP contribution in [0.1, 0.15) is 17.8 Å². The first-order valence-electron chi connectivity index (χ1n) is 8.54. The van der Waals surface area contributed by atoms with Crippen LogP contribution >= 0.6 is 22.9 Å². The number of phenols is 1. The van der Waals surface area contributed by atoms with Crippen molar-refractivity contribution in [1.29, 1.82) is 0 Å². The van der Waals surface area contributed by atoms with E-state index >= 15 is 0 Å². The molecule has 12 heteroatoms. The molecule has 3 N–H and O–H groups in total. The molecule has 1 aromatic heterocycles. The number of hydrogen-bond donors (Lipinski definition) is 3. The van der Waals surface area contributed by atoms with Gasteiger partial charge < -0.3 is 15.7 Å². The van der Waals surface area contributed by atoms with E-state index in [-0.39, 0.29) is 28.1 Å². The molecule has 2 aromatic carbocycles. The third-order valence-corrected chi connectivity index (χ3v) is 7.68. The van der Waals surface area contributed by atoms with Crippen molar-refractivity contribution in [3.63, 3.8) is 0 Å². The molecule has 0 saturated heterocycles. The van der Waals surface area contributed by atoms with Gasteiger partial charge in [-0.15, -0.1) is 11.3 Å². The third-order valence-electron chi connectivity index (χ3n) is 4.44. The van der Waals surface area contributed by atoms with Crippen LogP contribution < -0.4 is 21.5 Å². The lowest BCUT2D eigenvalue weighted by molar-refractivity contribution is -0.0259. The second-order valence-electron chi connectivity index (χ2n) is 6.28. The van der Waals surface area contributed by atoms with Crippen LogP contribution in [0.2, 0.25) is 5.02 Å². The van der Waals surface area contributed by atoms with Gasteiger partial charge in [0, 0.05) is 11.9 Å². The Bertz CT molecular complexity index is 1250. The highest BCUT2D eigenvalue weighted by Gasteiger charge is 2.30. The minimum atomic E-state index is -4.28. The summed E-state index contributed by atoms with van der Waals surface area (Å²) in [6.45, 7) is 1.83. The van der Waals surface area contributed by atoms with Gasteiger partial charge in [-0.25, -0.2) is 8.42 Å². The molecule has 3 rings (SSSR count). The summed E-state index contributed by atoms with van der Waals surface area (Å²) in [4.78, 5) is 29.2. The number of nitrogens with zero attached hydrogens (tertiary/aromatic N) is 1. The Morgan fingerprint density at radius 1 is 1.20 bits per heavy atom. The van der Waals surface area contributed by atoms with Gasteiger partial charge in [0.05, 0.1) is 23.9 Å². The SMILES string of the molecule is CON(C)S(=O)(=O)c1c(Cl)ccc(Nc2c(N[C@H](C)c3cccs3)c(=O)c2=O)c1O. The molecule has 0 spiro atoms. The Hall–Kier alpha value is -2.44. The number of halogens is 1. The Morgan fingerprint density at radius 3 is 2.47 bits per heavy atom. The highest BCUT2D eigenvalue weighted by Crippen LogP contribution is 2.40. The summed E-state index contributed by atoms with van der Waals surface area (Å²) in [6.07, 6.45) is 0. The van der Waals surface area contributed by atoms with Gasteiger partial charge >= 0.3 is 0 Å². The van der Waals surface area contributed by atoms with Gasteiger partial charge in [-0.05, 0) is 30.5 Å². The molecule has 0 fully saturated rings. The number of hydroxylamine groups is 1. The van der Waals surface area contributed by atoms with Crippen LogP contribution in [-0.4, -0.2) is 32.2 Å². The quantitative estimate of drug-likeness (QED) is 0.260. The maximum atomic E-state index is 12.6. The summed E-state index contributed by atoms with van der Waals surface area (Å²) >= 11 is 7.47. The van der Waals surface area contributed by atoms with E-state index in [1.54, 1.807) is 0 Å². The number of thiophene rings is 1. The average molecular weight is 472 g/mol. The van der Waals surface area contributed by atoms with Gasteiger partial charge in [0.25, 0.3) is 20.9 Å². The number of aromatic hydroxyl groups is 1. The summed E-state index contributed by atoms with van der Waals surface area (Å²) in [5, 5.41) is 17.8. The van der Waals surface area contributed by atoms with E-state index in [2.05, 4.69) is 10.6 Å². The predicted molar refractivity (Wildman–Crippen MR) is 116 cm³/mol. The Kier molecular flexibility index (Phi) is 6.20. The van der Waals surface area contributed by atoms with Gasteiger partial charge in [0.2, 0.25) is 0 Å². The molecule has 0 aliphatic rings. The fourth-order valence-electron chi connectivity index (χ4n) is 2.73. The van der Waals surface area contributed by atoms with Gasteiger partial charge in [0.1, 0.15) is 16.3 Å². The zero-order valence-corrected chi connectivity index (χ0v) is 18.5. The minimum absolute atomic E-state index is 0.0497. The molecule has 0 radical (unpaired) electrons. The first-order valence-corrected chi connectivity index (χ1v) is 11.2. The lowest BCUT2D eigenvalue weighted by atomic mass is 10.1. The van der Waals surface area contributed by atoms with Gasteiger partial charge in [-0.1, -0.05) is 22.1 Å². The number of nitrogens with one attached hydrogen (secondary N) is 2. The molecule has 160 valence electrons. The molecule has 30 heavy (non-hydrogen) atoms. The monoisotopic (exact) mass is 471 g/mol. The van der Waals surface area contributed by atoms with Crippen molar-refractivity contribution in [2.24, 2.45) is 0 Å². The highest BCUT2D eigenvalue weighted by molar-refractivity contribution is 7.89. The summed E-state index contributed by atoms with van der Waals surface area (Å²) in [5.74, 6) is -0.711. The Morgan fingerprint density at radius 2 is 1.87 bits per heavy atom. The first-order chi connectivity index (χ1) is 14.1. The molecular formula is C18H18ClN3O6S2. The summed E-state index contributed by atoms with van der Waals surface area (Å²) < 4.78 is 25.7. The molecule has 0 amide bonds. The van der Waals surface area contributed by atoms with E-state index in [0.29, 0.717) is 4.47 Å². The van der Waals surface area contributed by atoms with Gasteiger partial charge in [0.15, 0.2) is 5.75 Å². The van der Waals surface area contributed by atoms with Crippen molar-refractivity contribution in [3.8, 4) is 5.75 Å². The van der Waals surface area contributed by atoms with E-state index in [1.807, 2.05) is 24.4 Å². The number of phenolic OH excluding ortho intramolecular Hbond substituents is 1. The van der Waals surface area contributed by atoms with Crippen LogP contribution in [-0.2, 0) is 14.9 Å². The Labute approximate surface area is 181 Å². The summed E-state index contributed by atoms with van der Waals surface area (Å²) in [5.41, 5.74) is -1.63. The third kappa shape index (κ3) is 3.82. The van der Waals surface area contributed by atoms with Crippen LogP contribution in [0.4, 0.5) is 17.1 Å². The van der Waals surface area contributed by atoms with Crippen molar-refractivity contribution < 1.29 is 18.4 Å². The summed E-state index contributed by atoms with van der Waals surface area (Å²) in [7, 11) is -2.00. The number of sulfonamides is 1. The van der Waals surface area contributed by atoms with Crippen LogP contribution in [0.15, 0.2) is 44.1 Å². The maximum absolute atomic E-state index is 12.6. The smallest absolute Gasteiger partial charge is 0.269 e. The van der Waals surface area contributed by atoms with Crippen LogP contribution in [0, 0.1) is 0 Å². The maximum Gasteiger partial charge on any atom is 0.269 e. The lowest BCUT2D eigenvalue weighted by Crippen LogP contribution is -2.37. The molecule has 1 atom stereocenters. The van der Waals surface area contributed by atoms with E-state index in [9.17, 15) is 23.1 Å². The lowest BCUT2D eigenvalue weighted by Gasteiger charge is -2.21. The zero-order valence-electron chi connectivity index (χ0n) is 16.1. The van der Waals surface area contributed by atoms with E-state index in [4.69, 9.17) is 16.4 Å². The second-order valence-corrected chi connectivity index (χ2v) is 9.54. The summed E-state index contributed by atoms with van der Waals surface area (Å²) in [6, 6.07) is 6.05. The minimum Gasteiger partial charge on any atom is -0.504 e. The predicted octanol–water partition coefficient (Wildman–Crippen LogP) is 2.80. The van der Waals surface area contributed by atoms with E-state index < -0.39 is 31.5 Å². The largest absolute Gasteiger partial charge is 0.504 e. The van der Waals surface area contributed by atoms with Crippen molar-refractivity contribution in [3.05, 3.63) is 60.0 Å². The average Bonchev–Trinajstić information content (AvgIpc) is 3.25. The molecule has 0 saturated carbocycles. The second kappa shape index (κ2) is 8.36. The van der Waals surface area contributed by atoms with Crippen molar-refractivity contribution in [2.75, 3.05) is 24.8 Å². The molecule has 0 unspecified atom stereocenters.